The Balaban J connectivity index is 2.62. The molecule has 19 heavy (non-hydrogen) atoms. The van der Waals surface area contributed by atoms with Crippen LogP contribution in [-0.4, -0.2) is 31.2 Å². The van der Waals surface area contributed by atoms with Crippen molar-refractivity contribution in [3.05, 3.63) is 29.8 Å². The molecule has 1 aromatic carbocycles. The highest BCUT2D eigenvalue weighted by Crippen LogP contribution is 2.15. The molecule has 0 aliphatic carbocycles. The van der Waals surface area contributed by atoms with Crippen molar-refractivity contribution < 1.29 is 14.3 Å². The molecule has 0 fully saturated rings. The molecule has 0 aromatic heterocycles. The number of rotatable bonds is 5. The number of para-hydroxylation sites is 1. The molecule has 0 atom stereocenters. The standard InChI is InChI=1S/C13H17N3O3/c1-3-14-12(17)13(18)16-15-9-10-7-5-6-8-11(10)19-4-2/h5-9H,3-4H2,1-2H3,(H,14,17)(H,16,18)/b15-9-. The fraction of sp³-hybridized carbons (Fsp3) is 0.308. The molecule has 0 unspecified atom stereocenters. The van der Waals surface area contributed by atoms with Crippen molar-refractivity contribution in [1.82, 2.24) is 10.7 Å². The number of likely N-dealkylation sites (N-methyl/N-ethyl adjacent to an activating group) is 1. The summed E-state index contributed by atoms with van der Waals surface area (Å²) in [5.74, 6) is -0.842. The van der Waals surface area contributed by atoms with E-state index in [4.69, 9.17) is 4.74 Å². The van der Waals surface area contributed by atoms with Crippen LogP contribution in [0.5, 0.6) is 5.75 Å². The lowest BCUT2D eigenvalue weighted by atomic mass is 10.2. The van der Waals surface area contributed by atoms with Crippen LogP contribution < -0.4 is 15.5 Å². The van der Waals surface area contributed by atoms with Crippen molar-refractivity contribution in [3.8, 4) is 5.75 Å². The second-order valence-electron chi connectivity index (χ2n) is 3.53. The van der Waals surface area contributed by atoms with Crippen LogP contribution in [0, 0.1) is 0 Å². The van der Waals surface area contributed by atoms with Gasteiger partial charge in [-0.15, -0.1) is 0 Å². The lowest BCUT2D eigenvalue weighted by Crippen LogP contribution is -2.37. The lowest BCUT2D eigenvalue weighted by molar-refractivity contribution is -0.139. The van der Waals surface area contributed by atoms with Gasteiger partial charge in [0.25, 0.3) is 0 Å². The van der Waals surface area contributed by atoms with E-state index >= 15 is 0 Å². The number of hydrogen-bond acceptors (Lipinski definition) is 4. The van der Waals surface area contributed by atoms with Gasteiger partial charge in [-0.1, -0.05) is 12.1 Å². The Morgan fingerprint density at radius 1 is 1.26 bits per heavy atom. The summed E-state index contributed by atoms with van der Waals surface area (Å²) in [5, 5.41) is 6.10. The molecule has 2 amide bonds. The molecule has 6 heteroatoms. The van der Waals surface area contributed by atoms with E-state index in [1.54, 1.807) is 19.1 Å². The minimum atomic E-state index is -0.799. The van der Waals surface area contributed by atoms with Crippen LogP contribution in [0.4, 0.5) is 0 Å². The smallest absolute Gasteiger partial charge is 0.329 e. The van der Waals surface area contributed by atoms with Crippen LogP contribution in [0.2, 0.25) is 0 Å². The first-order chi connectivity index (χ1) is 9.19. The number of nitrogens with zero attached hydrogens (tertiary/aromatic N) is 1. The molecule has 0 aliphatic rings. The van der Waals surface area contributed by atoms with Crippen molar-refractivity contribution in [2.24, 2.45) is 5.10 Å². The summed E-state index contributed by atoms with van der Waals surface area (Å²) in [6.07, 6.45) is 1.43. The van der Waals surface area contributed by atoms with E-state index in [1.165, 1.54) is 6.21 Å². The molecular weight excluding hydrogens is 246 g/mol. The fourth-order valence-electron chi connectivity index (χ4n) is 1.33. The Kier molecular flexibility index (Phi) is 6.08. The zero-order chi connectivity index (χ0) is 14.1. The third-order valence-corrected chi connectivity index (χ3v) is 2.13. The Bertz CT molecular complexity index is 472. The van der Waals surface area contributed by atoms with Crippen LogP contribution in [0.25, 0.3) is 0 Å². The molecule has 0 heterocycles. The number of hydrogen-bond donors (Lipinski definition) is 2. The van der Waals surface area contributed by atoms with Gasteiger partial charge >= 0.3 is 11.8 Å². The van der Waals surface area contributed by atoms with E-state index in [2.05, 4.69) is 15.8 Å². The normalized spacial score (nSPS) is 10.2. The largest absolute Gasteiger partial charge is 0.493 e. The van der Waals surface area contributed by atoms with Gasteiger partial charge in [0.2, 0.25) is 0 Å². The summed E-state index contributed by atoms with van der Waals surface area (Å²) in [6.45, 7) is 4.54. The molecule has 0 saturated carbocycles. The molecule has 102 valence electrons. The summed E-state index contributed by atoms with van der Waals surface area (Å²) in [5.41, 5.74) is 2.87. The van der Waals surface area contributed by atoms with Crippen LogP contribution in [0.3, 0.4) is 0 Å². The van der Waals surface area contributed by atoms with Gasteiger partial charge in [-0.25, -0.2) is 5.43 Å². The monoisotopic (exact) mass is 263 g/mol. The number of benzene rings is 1. The number of ether oxygens (including phenoxy) is 1. The third-order valence-electron chi connectivity index (χ3n) is 2.13. The Morgan fingerprint density at radius 3 is 2.68 bits per heavy atom. The number of amides is 2. The maximum atomic E-state index is 11.3. The first-order valence-electron chi connectivity index (χ1n) is 6.02. The van der Waals surface area contributed by atoms with Crippen LogP contribution >= 0.6 is 0 Å². The van der Waals surface area contributed by atoms with E-state index in [9.17, 15) is 9.59 Å². The predicted octanol–water partition coefficient (Wildman–Crippen LogP) is 0.672. The van der Waals surface area contributed by atoms with Crippen molar-refractivity contribution >= 4 is 18.0 Å². The molecule has 6 nitrogen and oxygen atoms in total. The first kappa shape index (κ1) is 14.7. The zero-order valence-electron chi connectivity index (χ0n) is 11.0. The molecule has 0 radical (unpaired) electrons. The SMILES string of the molecule is CCNC(=O)C(=O)N/N=C\c1ccccc1OCC. The summed E-state index contributed by atoms with van der Waals surface area (Å²) < 4.78 is 5.40. The molecule has 1 rings (SSSR count). The maximum Gasteiger partial charge on any atom is 0.329 e. The average molecular weight is 263 g/mol. The lowest BCUT2D eigenvalue weighted by Gasteiger charge is -2.05. The Morgan fingerprint density at radius 2 is 2.00 bits per heavy atom. The number of hydrazone groups is 1. The van der Waals surface area contributed by atoms with Gasteiger partial charge in [-0.3, -0.25) is 9.59 Å². The zero-order valence-corrected chi connectivity index (χ0v) is 11.0. The number of carbonyl (C=O) groups is 2. The summed E-state index contributed by atoms with van der Waals surface area (Å²) in [7, 11) is 0. The van der Waals surface area contributed by atoms with Crippen LogP contribution in [0.15, 0.2) is 29.4 Å². The third kappa shape index (κ3) is 4.79. The van der Waals surface area contributed by atoms with Gasteiger partial charge in [0, 0.05) is 12.1 Å². The number of nitrogens with one attached hydrogen (secondary N) is 2. The van der Waals surface area contributed by atoms with Gasteiger partial charge in [0.05, 0.1) is 12.8 Å². The molecule has 2 N–H and O–H groups in total. The highest BCUT2D eigenvalue weighted by molar-refractivity contribution is 6.35. The van der Waals surface area contributed by atoms with Crippen LogP contribution in [0.1, 0.15) is 19.4 Å². The molecular formula is C13H17N3O3. The minimum absolute atomic E-state index is 0.392. The molecule has 1 aromatic rings. The average Bonchev–Trinajstić information content (AvgIpc) is 2.41. The van der Waals surface area contributed by atoms with E-state index in [-0.39, 0.29) is 0 Å². The van der Waals surface area contributed by atoms with E-state index in [0.717, 1.165) is 5.56 Å². The van der Waals surface area contributed by atoms with Gasteiger partial charge in [-0.2, -0.15) is 5.10 Å². The Hall–Kier alpha value is -2.37. The van der Waals surface area contributed by atoms with Gasteiger partial charge in [0.1, 0.15) is 5.75 Å². The quantitative estimate of drug-likeness (QED) is 0.465. The second-order valence-corrected chi connectivity index (χ2v) is 3.53. The highest BCUT2D eigenvalue weighted by Gasteiger charge is 2.10. The molecule has 0 spiro atoms. The van der Waals surface area contributed by atoms with E-state index in [0.29, 0.717) is 18.9 Å². The van der Waals surface area contributed by atoms with Gasteiger partial charge in [0.15, 0.2) is 0 Å². The van der Waals surface area contributed by atoms with Gasteiger partial charge < -0.3 is 10.1 Å². The highest BCUT2D eigenvalue weighted by atomic mass is 16.5. The topological polar surface area (TPSA) is 79.8 Å². The summed E-state index contributed by atoms with van der Waals surface area (Å²) in [6, 6.07) is 7.27. The van der Waals surface area contributed by atoms with Crippen molar-refractivity contribution in [2.75, 3.05) is 13.2 Å². The second kappa shape index (κ2) is 7.86. The van der Waals surface area contributed by atoms with Crippen LogP contribution in [-0.2, 0) is 9.59 Å². The molecule has 0 saturated heterocycles. The first-order valence-corrected chi connectivity index (χ1v) is 6.02. The summed E-state index contributed by atoms with van der Waals surface area (Å²) >= 11 is 0. The predicted molar refractivity (Wildman–Crippen MR) is 72.0 cm³/mol. The molecule has 0 aliphatic heterocycles. The van der Waals surface area contributed by atoms with Crippen molar-refractivity contribution in [1.29, 1.82) is 0 Å². The maximum absolute atomic E-state index is 11.3. The fourth-order valence-corrected chi connectivity index (χ4v) is 1.33. The van der Waals surface area contributed by atoms with E-state index in [1.807, 2.05) is 19.1 Å². The van der Waals surface area contributed by atoms with Crippen molar-refractivity contribution in [3.63, 3.8) is 0 Å². The van der Waals surface area contributed by atoms with Gasteiger partial charge in [-0.05, 0) is 26.0 Å². The number of carbonyl (C=O) groups excluding carboxylic acids is 2. The minimum Gasteiger partial charge on any atom is -0.493 e. The van der Waals surface area contributed by atoms with Crippen molar-refractivity contribution in [2.45, 2.75) is 13.8 Å². The molecule has 0 bridgehead atoms. The summed E-state index contributed by atoms with van der Waals surface area (Å²) in [4.78, 5) is 22.4. The Labute approximate surface area is 111 Å². The van der Waals surface area contributed by atoms with E-state index < -0.39 is 11.8 Å².